The Morgan fingerprint density at radius 3 is 2.25 bits per heavy atom. The quantitative estimate of drug-likeness (QED) is 0.822. The van der Waals surface area contributed by atoms with E-state index in [4.69, 9.17) is 9.84 Å². The standard InChI is InChI=1S/C14H25NO5/c1-14(2,3)20-13(19)15-6-4-10(5-7-15)11(9-16)8-12(17)18/h10-11,16H,4-9H2,1-3H3,(H,17,18). The maximum atomic E-state index is 11.9. The Hall–Kier alpha value is -1.30. The average Bonchev–Trinajstić information content (AvgIpc) is 2.34. The zero-order chi connectivity index (χ0) is 15.3. The molecule has 0 spiro atoms. The van der Waals surface area contributed by atoms with Gasteiger partial charge in [0.25, 0.3) is 0 Å². The van der Waals surface area contributed by atoms with Crippen LogP contribution in [0.1, 0.15) is 40.0 Å². The van der Waals surface area contributed by atoms with E-state index in [1.807, 2.05) is 20.8 Å². The summed E-state index contributed by atoms with van der Waals surface area (Å²) in [6.45, 7) is 6.46. The third kappa shape index (κ3) is 5.36. The highest BCUT2D eigenvalue weighted by Crippen LogP contribution is 2.28. The summed E-state index contributed by atoms with van der Waals surface area (Å²) in [5.74, 6) is -0.971. The molecule has 0 saturated carbocycles. The molecule has 6 heteroatoms. The lowest BCUT2D eigenvalue weighted by atomic mass is 9.83. The van der Waals surface area contributed by atoms with E-state index < -0.39 is 11.6 Å². The van der Waals surface area contributed by atoms with E-state index in [0.29, 0.717) is 25.9 Å². The number of aliphatic hydroxyl groups is 1. The SMILES string of the molecule is CC(C)(C)OC(=O)N1CCC(C(CO)CC(=O)O)CC1. The number of carboxylic acid groups (broad SMARTS) is 1. The lowest BCUT2D eigenvalue weighted by Gasteiger charge is -2.35. The molecule has 20 heavy (non-hydrogen) atoms. The highest BCUT2D eigenvalue weighted by atomic mass is 16.6. The first-order chi connectivity index (χ1) is 9.23. The summed E-state index contributed by atoms with van der Waals surface area (Å²) in [4.78, 5) is 24.3. The molecule has 2 N–H and O–H groups in total. The summed E-state index contributed by atoms with van der Waals surface area (Å²) in [5, 5.41) is 18.1. The van der Waals surface area contributed by atoms with Crippen molar-refractivity contribution in [1.82, 2.24) is 4.90 Å². The van der Waals surface area contributed by atoms with Crippen molar-refractivity contribution in [1.29, 1.82) is 0 Å². The van der Waals surface area contributed by atoms with Gasteiger partial charge in [0.1, 0.15) is 5.60 Å². The van der Waals surface area contributed by atoms with Crippen LogP contribution in [0.15, 0.2) is 0 Å². The van der Waals surface area contributed by atoms with Crippen LogP contribution in [-0.4, -0.2) is 52.5 Å². The van der Waals surface area contributed by atoms with E-state index in [0.717, 1.165) is 0 Å². The van der Waals surface area contributed by atoms with Crippen LogP contribution in [-0.2, 0) is 9.53 Å². The predicted octanol–water partition coefficient (Wildman–Crippen LogP) is 1.72. The van der Waals surface area contributed by atoms with Crippen LogP contribution in [0.2, 0.25) is 0 Å². The lowest BCUT2D eigenvalue weighted by Crippen LogP contribution is -2.43. The van der Waals surface area contributed by atoms with Gasteiger partial charge in [-0.25, -0.2) is 4.79 Å². The van der Waals surface area contributed by atoms with Crippen molar-refractivity contribution < 1.29 is 24.5 Å². The predicted molar refractivity (Wildman–Crippen MR) is 73.4 cm³/mol. The number of rotatable bonds is 4. The number of carbonyl (C=O) groups excluding carboxylic acids is 1. The fraction of sp³-hybridized carbons (Fsp3) is 0.857. The first-order valence-electron chi connectivity index (χ1n) is 7.03. The molecule has 0 aromatic heterocycles. The van der Waals surface area contributed by atoms with E-state index >= 15 is 0 Å². The van der Waals surface area contributed by atoms with Crippen molar-refractivity contribution in [3.8, 4) is 0 Å². The minimum absolute atomic E-state index is 0.0202. The number of piperidine rings is 1. The molecule has 1 rings (SSSR count). The maximum absolute atomic E-state index is 11.9. The summed E-state index contributed by atoms with van der Waals surface area (Å²) in [7, 11) is 0. The minimum Gasteiger partial charge on any atom is -0.481 e. The number of carbonyl (C=O) groups is 2. The van der Waals surface area contributed by atoms with E-state index in [2.05, 4.69) is 0 Å². The van der Waals surface area contributed by atoms with Gasteiger partial charge in [-0.2, -0.15) is 0 Å². The van der Waals surface area contributed by atoms with E-state index in [-0.39, 0.29) is 31.0 Å². The smallest absolute Gasteiger partial charge is 0.410 e. The molecule has 1 aliphatic heterocycles. The Bertz CT molecular complexity index is 342. The van der Waals surface area contributed by atoms with Crippen LogP contribution < -0.4 is 0 Å². The molecule has 0 aliphatic carbocycles. The van der Waals surface area contributed by atoms with Gasteiger partial charge in [0.05, 0.1) is 6.42 Å². The van der Waals surface area contributed by atoms with Crippen molar-refractivity contribution in [2.45, 2.75) is 45.6 Å². The van der Waals surface area contributed by atoms with Crippen LogP contribution in [0.5, 0.6) is 0 Å². The van der Waals surface area contributed by atoms with Crippen molar-refractivity contribution in [2.24, 2.45) is 11.8 Å². The number of aliphatic hydroxyl groups excluding tert-OH is 1. The number of likely N-dealkylation sites (tertiary alicyclic amines) is 1. The number of ether oxygens (including phenoxy) is 1. The Morgan fingerprint density at radius 1 is 1.30 bits per heavy atom. The molecule has 0 aromatic carbocycles. The molecular formula is C14H25NO5. The third-order valence-electron chi connectivity index (χ3n) is 3.53. The van der Waals surface area contributed by atoms with Gasteiger partial charge in [0.2, 0.25) is 0 Å². The maximum Gasteiger partial charge on any atom is 0.410 e. The molecule has 6 nitrogen and oxygen atoms in total. The zero-order valence-electron chi connectivity index (χ0n) is 12.5. The summed E-state index contributed by atoms with van der Waals surface area (Å²) in [6.07, 6.45) is 1.07. The first-order valence-corrected chi connectivity index (χ1v) is 7.03. The molecule has 1 unspecified atom stereocenters. The van der Waals surface area contributed by atoms with Crippen molar-refractivity contribution in [3.63, 3.8) is 0 Å². The highest BCUT2D eigenvalue weighted by Gasteiger charge is 2.31. The Labute approximate surface area is 119 Å². The molecule has 1 aliphatic rings. The number of carboxylic acids is 1. The highest BCUT2D eigenvalue weighted by molar-refractivity contribution is 5.68. The first kappa shape index (κ1) is 16.8. The van der Waals surface area contributed by atoms with Crippen LogP contribution >= 0.6 is 0 Å². The number of nitrogens with zero attached hydrogens (tertiary/aromatic N) is 1. The fourth-order valence-electron chi connectivity index (χ4n) is 2.48. The van der Waals surface area contributed by atoms with E-state index in [1.54, 1.807) is 4.90 Å². The number of amides is 1. The van der Waals surface area contributed by atoms with Crippen LogP contribution in [0, 0.1) is 11.8 Å². The van der Waals surface area contributed by atoms with Gasteiger partial charge in [-0.3, -0.25) is 4.79 Å². The Kier molecular flexibility index (Phi) is 5.80. The summed E-state index contributed by atoms with van der Waals surface area (Å²) >= 11 is 0. The normalized spacial score (nSPS) is 18.7. The average molecular weight is 287 g/mol. The van der Waals surface area contributed by atoms with Crippen LogP contribution in [0.3, 0.4) is 0 Å². The van der Waals surface area contributed by atoms with E-state index in [9.17, 15) is 14.7 Å². The number of hydrogen-bond acceptors (Lipinski definition) is 4. The molecule has 0 bridgehead atoms. The molecule has 1 saturated heterocycles. The fourth-order valence-corrected chi connectivity index (χ4v) is 2.48. The summed E-state index contributed by atoms with van der Waals surface area (Å²) in [6, 6.07) is 0. The monoisotopic (exact) mass is 287 g/mol. The molecular weight excluding hydrogens is 262 g/mol. The topological polar surface area (TPSA) is 87.1 Å². The Morgan fingerprint density at radius 2 is 1.85 bits per heavy atom. The molecule has 1 amide bonds. The summed E-state index contributed by atoms with van der Waals surface area (Å²) < 4.78 is 5.31. The van der Waals surface area contributed by atoms with Crippen LogP contribution in [0.4, 0.5) is 4.79 Å². The largest absolute Gasteiger partial charge is 0.481 e. The van der Waals surface area contributed by atoms with Gasteiger partial charge in [-0.05, 0) is 45.4 Å². The second-order valence-electron chi connectivity index (χ2n) is 6.35. The molecule has 1 atom stereocenters. The second kappa shape index (κ2) is 6.92. The van der Waals surface area contributed by atoms with Crippen molar-refractivity contribution in [3.05, 3.63) is 0 Å². The van der Waals surface area contributed by atoms with Gasteiger partial charge in [-0.1, -0.05) is 0 Å². The second-order valence-corrected chi connectivity index (χ2v) is 6.35. The number of aliphatic carboxylic acids is 1. The zero-order valence-corrected chi connectivity index (χ0v) is 12.5. The molecule has 1 heterocycles. The Balaban J connectivity index is 2.46. The lowest BCUT2D eigenvalue weighted by molar-refractivity contribution is -0.139. The van der Waals surface area contributed by atoms with Gasteiger partial charge >= 0.3 is 12.1 Å². The van der Waals surface area contributed by atoms with Crippen LogP contribution in [0.25, 0.3) is 0 Å². The van der Waals surface area contributed by atoms with Crippen molar-refractivity contribution >= 4 is 12.1 Å². The molecule has 1 fully saturated rings. The molecule has 116 valence electrons. The third-order valence-corrected chi connectivity index (χ3v) is 3.53. The van der Waals surface area contributed by atoms with E-state index in [1.165, 1.54) is 0 Å². The van der Waals surface area contributed by atoms with Gasteiger partial charge in [-0.15, -0.1) is 0 Å². The van der Waals surface area contributed by atoms with Gasteiger partial charge in [0, 0.05) is 19.7 Å². The molecule has 0 aromatic rings. The van der Waals surface area contributed by atoms with Crippen molar-refractivity contribution in [2.75, 3.05) is 19.7 Å². The minimum atomic E-state index is -0.890. The molecule has 0 radical (unpaired) electrons. The van der Waals surface area contributed by atoms with Gasteiger partial charge < -0.3 is 19.8 Å². The number of hydrogen-bond donors (Lipinski definition) is 2. The summed E-state index contributed by atoms with van der Waals surface area (Å²) in [5.41, 5.74) is -0.509. The van der Waals surface area contributed by atoms with Gasteiger partial charge in [0.15, 0.2) is 0 Å².